The van der Waals surface area contributed by atoms with Crippen molar-refractivity contribution in [1.82, 2.24) is 20.2 Å². The van der Waals surface area contributed by atoms with E-state index < -0.39 is 0 Å². The van der Waals surface area contributed by atoms with E-state index in [0.717, 1.165) is 11.3 Å². The Balaban J connectivity index is 1.45. The molecule has 9 heteroatoms. The van der Waals surface area contributed by atoms with Gasteiger partial charge in [-0.15, -0.1) is 0 Å². The third kappa shape index (κ3) is 4.56. The Morgan fingerprint density at radius 3 is 2.74 bits per heavy atom. The summed E-state index contributed by atoms with van der Waals surface area (Å²) in [6.07, 6.45) is 1.68. The second kappa shape index (κ2) is 8.81. The Labute approximate surface area is 183 Å². The van der Waals surface area contributed by atoms with Crippen LogP contribution >= 0.6 is 11.3 Å². The van der Waals surface area contributed by atoms with Gasteiger partial charge < -0.3 is 10.2 Å². The molecule has 1 saturated heterocycles. The Morgan fingerprint density at radius 2 is 2.03 bits per heavy atom. The van der Waals surface area contributed by atoms with Gasteiger partial charge in [0.1, 0.15) is 10.7 Å². The van der Waals surface area contributed by atoms with E-state index in [4.69, 9.17) is 0 Å². The fraction of sp³-hybridized carbons (Fsp3) is 0.273. The fourth-order valence-electron chi connectivity index (χ4n) is 3.42. The second-order valence-corrected chi connectivity index (χ2v) is 8.39. The van der Waals surface area contributed by atoms with Crippen molar-refractivity contribution in [2.24, 2.45) is 0 Å². The molecule has 0 aliphatic carbocycles. The maximum Gasteiger partial charge on any atom is 0.326 e. The van der Waals surface area contributed by atoms with Crippen LogP contribution in [0.1, 0.15) is 33.5 Å². The van der Waals surface area contributed by atoms with E-state index in [0.29, 0.717) is 35.3 Å². The van der Waals surface area contributed by atoms with Gasteiger partial charge in [-0.2, -0.15) is 0 Å². The topological polar surface area (TPSA) is 78.4 Å². The van der Waals surface area contributed by atoms with Crippen LogP contribution in [-0.2, 0) is 13.1 Å². The highest BCUT2D eigenvalue weighted by Gasteiger charge is 2.37. The Bertz CT molecular complexity index is 1090. The van der Waals surface area contributed by atoms with Crippen molar-refractivity contribution in [3.05, 3.63) is 76.3 Å². The van der Waals surface area contributed by atoms with Gasteiger partial charge in [0.15, 0.2) is 5.13 Å². The normalized spacial score (nSPS) is 16.1. The van der Waals surface area contributed by atoms with Crippen LogP contribution in [0.5, 0.6) is 0 Å². The van der Waals surface area contributed by atoms with Crippen molar-refractivity contribution in [3.8, 4) is 0 Å². The van der Waals surface area contributed by atoms with Gasteiger partial charge in [-0.05, 0) is 43.7 Å². The molecule has 4 rings (SSSR count). The molecule has 0 bridgehead atoms. The molecule has 3 amide bonds. The van der Waals surface area contributed by atoms with Crippen LogP contribution in [0.2, 0.25) is 0 Å². The van der Waals surface area contributed by atoms with Crippen molar-refractivity contribution in [1.29, 1.82) is 0 Å². The first-order valence-electron chi connectivity index (χ1n) is 9.90. The minimum atomic E-state index is -0.307. The first-order valence-corrected chi connectivity index (χ1v) is 10.7. The SMILES string of the molecule is Cc1nc(N2C[C@@H](C)N(Cc3ccc(F)cc3)C2=O)sc1C(=O)NCc1ccccn1. The Hall–Kier alpha value is -3.33. The summed E-state index contributed by atoms with van der Waals surface area (Å²) in [7, 11) is 0. The molecule has 2 aromatic heterocycles. The highest BCUT2D eigenvalue weighted by atomic mass is 32.1. The molecule has 160 valence electrons. The van der Waals surface area contributed by atoms with Gasteiger partial charge in [-0.1, -0.05) is 29.5 Å². The van der Waals surface area contributed by atoms with E-state index in [2.05, 4.69) is 15.3 Å². The monoisotopic (exact) mass is 439 g/mol. The lowest BCUT2D eigenvalue weighted by Gasteiger charge is -2.20. The number of nitrogens with zero attached hydrogens (tertiary/aromatic N) is 4. The predicted molar refractivity (Wildman–Crippen MR) is 116 cm³/mol. The molecule has 3 heterocycles. The average Bonchev–Trinajstić information content (AvgIpc) is 3.29. The highest BCUT2D eigenvalue weighted by molar-refractivity contribution is 7.17. The number of anilines is 1. The van der Waals surface area contributed by atoms with E-state index >= 15 is 0 Å². The number of hydrogen-bond acceptors (Lipinski definition) is 5. The third-order valence-electron chi connectivity index (χ3n) is 5.10. The summed E-state index contributed by atoms with van der Waals surface area (Å²) < 4.78 is 13.2. The molecule has 0 unspecified atom stereocenters. The number of thiazole rings is 1. The number of nitrogens with one attached hydrogen (secondary N) is 1. The molecule has 0 spiro atoms. The van der Waals surface area contributed by atoms with Crippen LogP contribution in [-0.4, -0.2) is 39.4 Å². The van der Waals surface area contributed by atoms with Crippen LogP contribution in [0.15, 0.2) is 48.7 Å². The van der Waals surface area contributed by atoms with Crippen molar-refractivity contribution >= 4 is 28.4 Å². The lowest BCUT2D eigenvalue weighted by atomic mass is 10.2. The number of amides is 3. The summed E-state index contributed by atoms with van der Waals surface area (Å²) in [6, 6.07) is 11.4. The summed E-state index contributed by atoms with van der Waals surface area (Å²) in [6.45, 7) is 4.90. The number of pyridine rings is 1. The van der Waals surface area contributed by atoms with Crippen LogP contribution in [0.25, 0.3) is 0 Å². The van der Waals surface area contributed by atoms with Crippen LogP contribution < -0.4 is 10.2 Å². The van der Waals surface area contributed by atoms with E-state index in [-0.39, 0.29) is 23.8 Å². The van der Waals surface area contributed by atoms with E-state index in [1.807, 2.05) is 25.1 Å². The van der Waals surface area contributed by atoms with Gasteiger partial charge in [-0.3, -0.25) is 14.7 Å². The summed E-state index contributed by atoms with van der Waals surface area (Å²) in [4.78, 5) is 38.1. The number of benzene rings is 1. The first kappa shape index (κ1) is 20.9. The molecule has 1 aliphatic heterocycles. The van der Waals surface area contributed by atoms with Gasteiger partial charge in [0.2, 0.25) is 0 Å². The van der Waals surface area contributed by atoms with Crippen LogP contribution in [0, 0.1) is 12.7 Å². The molecule has 1 aromatic carbocycles. The van der Waals surface area contributed by atoms with Gasteiger partial charge in [0, 0.05) is 18.8 Å². The smallest absolute Gasteiger partial charge is 0.326 e. The Morgan fingerprint density at radius 1 is 1.26 bits per heavy atom. The van der Waals surface area contributed by atoms with Crippen molar-refractivity contribution in [2.75, 3.05) is 11.4 Å². The number of rotatable bonds is 6. The molecule has 31 heavy (non-hydrogen) atoms. The molecule has 3 aromatic rings. The zero-order chi connectivity index (χ0) is 22.0. The Kier molecular flexibility index (Phi) is 5.94. The number of carbonyl (C=O) groups excluding carboxylic acids is 2. The highest BCUT2D eigenvalue weighted by Crippen LogP contribution is 2.31. The number of halogens is 1. The molecule has 1 N–H and O–H groups in total. The van der Waals surface area contributed by atoms with Crippen molar-refractivity contribution in [2.45, 2.75) is 33.0 Å². The van der Waals surface area contributed by atoms with Gasteiger partial charge >= 0.3 is 6.03 Å². The van der Waals surface area contributed by atoms with Gasteiger partial charge in [-0.25, -0.2) is 14.2 Å². The number of hydrogen-bond donors (Lipinski definition) is 1. The van der Waals surface area contributed by atoms with Crippen LogP contribution in [0.3, 0.4) is 0 Å². The molecule has 0 saturated carbocycles. The zero-order valence-corrected chi connectivity index (χ0v) is 18.0. The molecule has 0 radical (unpaired) electrons. The predicted octanol–water partition coefficient (Wildman–Crippen LogP) is 3.75. The van der Waals surface area contributed by atoms with Crippen LogP contribution in [0.4, 0.5) is 14.3 Å². The van der Waals surface area contributed by atoms with Gasteiger partial charge in [0.25, 0.3) is 5.91 Å². The minimum absolute atomic E-state index is 0.0387. The summed E-state index contributed by atoms with van der Waals surface area (Å²) >= 11 is 1.20. The average molecular weight is 440 g/mol. The molecule has 1 aliphatic rings. The van der Waals surface area contributed by atoms with E-state index in [1.54, 1.807) is 35.1 Å². The molecular formula is C22H22FN5O2S. The lowest BCUT2D eigenvalue weighted by molar-refractivity contribution is 0.0953. The minimum Gasteiger partial charge on any atom is -0.346 e. The largest absolute Gasteiger partial charge is 0.346 e. The maximum absolute atomic E-state index is 13.2. The molecular weight excluding hydrogens is 417 g/mol. The molecule has 7 nitrogen and oxygen atoms in total. The third-order valence-corrected chi connectivity index (χ3v) is 6.28. The standard InChI is InChI=1S/C22H22FN5O2S/c1-14-12-28(22(30)27(14)13-16-6-8-17(23)9-7-16)21-26-15(2)19(31-21)20(29)25-11-18-5-3-4-10-24-18/h3-10,14H,11-13H2,1-2H3,(H,25,29)/t14-/m1/s1. The summed E-state index contributed by atoms with van der Waals surface area (Å²) in [5.41, 5.74) is 2.20. The summed E-state index contributed by atoms with van der Waals surface area (Å²) in [5, 5.41) is 3.35. The van der Waals surface area contributed by atoms with E-state index in [1.165, 1.54) is 23.5 Å². The summed E-state index contributed by atoms with van der Waals surface area (Å²) in [5.74, 6) is -0.548. The van der Waals surface area contributed by atoms with E-state index in [9.17, 15) is 14.0 Å². The quantitative estimate of drug-likeness (QED) is 0.635. The number of aryl methyl sites for hydroxylation is 1. The maximum atomic E-state index is 13.2. The fourth-order valence-corrected chi connectivity index (χ4v) is 4.40. The molecule has 1 atom stereocenters. The van der Waals surface area contributed by atoms with Crippen molar-refractivity contribution < 1.29 is 14.0 Å². The number of aromatic nitrogens is 2. The molecule has 1 fully saturated rings. The zero-order valence-electron chi connectivity index (χ0n) is 17.2. The second-order valence-electron chi connectivity index (χ2n) is 7.41. The number of urea groups is 1. The number of carbonyl (C=O) groups is 2. The lowest BCUT2D eigenvalue weighted by Crippen LogP contribution is -2.33. The van der Waals surface area contributed by atoms with Gasteiger partial charge in [0.05, 0.1) is 24.5 Å². The van der Waals surface area contributed by atoms with Crippen molar-refractivity contribution in [3.63, 3.8) is 0 Å². The first-order chi connectivity index (χ1) is 14.9.